The van der Waals surface area contributed by atoms with E-state index in [2.05, 4.69) is 69.6 Å². The molecule has 0 saturated carbocycles. The van der Waals surface area contributed by atoms with E-state index in [0.29, 0.717) is 25.0 Å². The molecule has 2 N–H and O–H groups in total. The fourth-order valence-corrected chi connectivity index (χ4v) is 10.7. The third-order valence-electron chi connectivity index (χ3n) is 13.7. The number of carbonyl (C=O) groups excluding carboxylic acids is 1. The zero-order valence-corrected chi connectivity index (χ0v) is 35.4. The lowest BCUT2D eigenvalue weighted by Crippen LogP contribution is -2.56. The number of methoxy groups -OCH3 is 1. The van der Waals surface area contributed by atoms with Crippen molar-refractivity contribution in [2.75, 3.05) is 13.7 Å². The van der Waals surface area contributed by atoms with Gasteiger partial charge in [-0.1, -0.05) is 75.7 Å². The number of aliphatic hydroxyl groups is 2. The third-order valence-corrected chi connectivity index (χ3v) is 14.3. The van der Waals surface area contributed by atoms with Gasteiger partial charge in [0.05, 0.1) is 68.1 Å². The highest BCUT2D eigenvalue weighted by Crippen LogP contribution is 2.55. The minimum Gasteiger partial charge on any atom is -0.466 e. The molecule has 5 saturated heterocycles. The average molecular weight is 822 g/mol. The number of hydrogen-bond acceptors (Lipinski definition) is 10. The van der Waals surface area contributed by atoms with Crippen molar-refractivity contribution in [3.8, 4) is 0 Å². The number of halogens is 1. The number of carbonyl (C=O) groups is 1. The van der Waals surface area contributed by atoms with Gasteiger partial charge >= 0.3 is 5.97 Å². The second kappa shape index (κ2) is 16.5. The number of esters is 1. The maximum Gasteiger partial charge on any atom is 0.333 e. The van der Waals surface area contributed by atoms with Gasteiger partial charge < -0.3 is 43.4 Å². The number of ether oxygens (including phenoxy) is 7. The molecule has 1 aromatic rings. The highest BCUT2D eigenvalue weighted by Gasteiger charge is 2.62. The van der Waals surface area contributed by atoms with E-state index in [0.717, 1.165) is 48.6 Å². The number of benzene rings is 1. The largest absolute Gasteiger partial charge is 0.466 e. The lowest BCUT2D eigenvalue weighted by Gasteiger charge is -2.48. The summed E-state index contributed by atoms with van der Waals surface area (Å²) in [4.78, 5) is 12.4. The van der Waals surface area contributed by atoms with Crippen LogP contribution in [-0.4, -0.2) is 89.3 Å². The van der Waals surface area contributed by atoms with Crippen molar-refractivity contribution in [2.45, 2.75) is 173 Å². The molecule has 0 aliphatic carbocycles. The molecule has 6 rings (SSSR count). The SMILES string of the molecule is CC[C@@]1([C@@H]2O[C@@H]([C@H]3O[C@@](O)(CO)[C@H](C)C[C@@H]3C)C[C@@H]2C)CC[C@H]([C@]2(C)CC[C@]3(C[C@H](OCc4ccc(Br)cc4)[C@@H](C)[C@@H]([C@@H](C)/C=C(\C)C(=O)OC)O3)O2)O1. The van der Waals surface area contributed by atoms with Crippen molar-refractivity contribution in [1.29, 1.82) is 0 Å². The van der Waals surface area contributed by atoms with Crippen LogP contribution in [0, 0.1) is 29.6 Å². The Morgan fingerprint density at radius 3 is 2.44 bits per heavy atom. The molecule has 0 unspecified atom stereocenters. The summed E-state index contributed by atoms with van der Waals surface area (Å²) in [5.74, 6) is -2.58. The van der Waals surface area contributed by atoms with E-state index in [1.165, 1.54) is 7.11 Å². The van der Waals surface area contributed by atoms with Gasteiger partial charge in [0.15, 0.2) is 11.6 Å². The van der Waals surface area contributed by atoms with Gasteiger partial charge in [0.25, 0.3) is 0 Å². The molecule has 0 radical (unpaired) electrons. The second-order valence-corrected chi connectivity index (χ2v) is 18.6. The molecule has 1 aromatic carbocycles. The summed E-state index contributed by atoms with van der Waals surface area (Å²) in [6, 6.07) is 8.20. The predicted molar refractivity (Wildman–Crippen MR) is 207 cm³/mol. The molecule has 10 nitrogen and oxygen atoms in total. The molecule has 11 heteroatoms. The van der Waals surface area contributed by atoms with Gasteiger partial charge in [-0.05, 0) is 81.9 Å². The smallest absolute Gasteiger partial charge is 0.333 e. The Bertz CT molecular complexity index is 1490. The minimum atomic E-state index is -1.56. The molecule has 304 valence electrons. The van der Waals surface area contributed by atoms with Crippen LogP contribution in [0.1, 0.15) is 112 Å². The number of hydrogen-bond donors (Lipinski definition) is 2. The quantitative estimate of drug-likeness (QED) is 0.170. The van der Waals surface area contributed by atoms with E-state index < -0.39 is 29.4 Å². The Kier molecular flexibility index (Phi) is 12.9. The molecule has 0 amide bonds. The molecule has 1 spiro atoms. The first kappa shape index (κ1) is 42.2. The van der Waals surface area contributed by atoms with Crippen LogP contribution < -0.4 is 0 Å². The maximum atomic E-state index is 12.4. The first-order valence-electron chi connectivity index (χ1n) is 20.3. The molecule has 0 bridgehead atoms. The zero-order chi connectivity index (χ0) is 39.2. The van der Waals surface area contributed by atoms with Crippen LogP contribution in [0.2, 0.25) is 0 Å². The Morgan fingerprint density at radius 1 is 1.06 bits per heavy atom. The molecule has 5 fully saturated rings. The molecule has 5 heterocycles. The van der Waals surface area contributed by atoms with Crippen LogP contribution in [0.4, 0.5) is 0 Å². The van der Waals surface area contributed by atoms with E-state index >= 15 is 0 Å². The normalized spacial score (nSPS) is 44.9. The van der Waals surface area contributed by atoms with Gasteiger partial charge in [-0.2, -0.15) is 0 Å². The molecular formula is C43H65BrO10. The van der Waals surface area contributed by atoms with E-state index in [-0.39, 0.29) is 72.2 Å². The summed E-state index contributed by atoms with van der Waals surface area (Å²) in [6.07, 6.45) is 6.91. The van der Waals surface area contributed by atoms with Crippen LogP contribution >= 0.6 is 15.9 Å². The lowest BCUT2D eigenvalue weighted by molar-refractivity contribution is -0.335. The standard InChI is InChI=1S/C43H65BrO10/c1-10-41(38-27(4)21-33(50-38)37-26(3)20-29(6)43(47,24-45)53-37)16-15-35(51-41)40(8)17-18-42(54-40)22-34(49-23-31-11-13-32(44)14-12-31)30(7)36(52-42)25(2)19-28(5)39(46)48-9/h11-14,19,25-27,29-30,33-38,45,47H,10,15-18,20-24H2,1-9H3/b28-19+/t25-,26-,27-,29+,30+,33+,34-,35+,36+,37-,38+,40-,41-,42+,43-/m0/s1. The fourth-order valence-electron chi connectivity index (χ4n) is 10.4. The molecular weight excluding hydrogens is 756 g/mol. The second-order valence-electron chi connectivity index (χ2n) is 17.7. The van der Waals surface area contributed by atoms with Crippen molar-refractivity contribution in [3.05, 3.63) is 46.0 Å². The topological polar surface area (TPSA) is 122 Å². The fraction of sp³-hybridized carbons (Fsp3) is 0.791. The zero-order valence-electron chi connectivity index (χ0n) is 33.8. The molecule has 0 aromatic heterocycles. The van der Waals surface area contributed by atoms with Crippen LogP contribution in [-0.2, 0) is 44.6 Å². The molecule has 54 heavy (non-hydrogen) atoms. The number of rotatable bonds is 11. The maximum absolute atomic E-state index is 12.4. The van der Waals surface area contributed by atoms with Crippen molar-refractivity contribution >= 4 is 21.9 Å². The first-order valence-corrected chi connectivity index (χ1v) is 21.1. The monoisotopic (exact) mass is 820 g/mol. The highest BCUT2D eigenvalue weighted by molar-refractivity contribution is 9.10. The minimum absolute atomic E-state index is 0.0371. The Labute approximate surface area is 331 Å². The first-order chi connectivity index (χ1) is 25.5. The van der Waals surface area contributed by atoms with Gasteiger partial charge in [0.1, 0.15) is 0 Å². The van der Waals surface area contributed by atoms with Crippen molar-refractivity contribution < 1.29 is 48.2 Å². The summed E-state index contributed by atoms with van der Waals surface area (Å²) in [6.45, 7) is 16.8. The predicted octanol–water partition coefficient (Wildman–Crippen LogP) is 7.64. The van der Waals surface area contributed by atoms with E-state index in [1.54, 1.807) is 6.92 Å². The van der Waals surface area contributed by atoms with E-state index in [4.69, 9.17) is 33.2 Å². The lowest BCUT2D eigenvalue weighted by atomic mass is 9.80. The van der Waals surface area contributed by atoms with Crippen LogP contribution in [0.5, 0.6) is 0 Å². The number of aliphatic hydroxyl groups excluding tert-OH is 1. The van der Waals surface area contributed by atoms with Crippen molar-refractivity contribution in [1.82, 2.24) is 0 Å². The molecule has 15 atom stereocenters. The van der Waals surface area contributed by atoms with E-state index in [1.807, 2.05) is 25.1 Å². The van der Waals surface area contributed by atoms with Crippen LogP contribution in [0.3, 0.4) is 0 Å². The van der Waals surface area contributed by atoms with Gasteiger partial charge in [0.2, 0.25) is 0 Å². The summed E-state index contributed by atoms with van der Waals surface area (Å²) in [7, 11) is 1.40. The summed E-state index contributed by atoms with van der Waals surface area (Å²) in [5, 5.41) is 21.1. The molecule has 5 aliphatic rings. The van der Waals surface area contributed by atoms with Gasteiger partial charge in [-0.15, -0.1) is 0 Å². The molecule has 5 aliphatic heterocycles. The van der Waals surface area contributed by atoms with Gasteiger partial charge in [-0.3, -0.25) is 0 Å². The average Bonchev–Trinajstić information content (AvgIpc) is 3.86. The third kappa shape index (κ3) is 8.28. The summed E-state index contributed by atoms with van der Waals surface area (Å²) in [5.41, 5.74) is 0.576. The van der Waals surface area contributed by atoms with Crippen LogP contribution in [0.15, 0.2) is 40.4 Å². The van der Waals surface area contributed by atoms with Crippen molar-refractivity contribution in [3.63, 3.8) is 0 Å². The highest BCUT2D eigenvalue weighted by atomic mass is 79.9. The van der Waals surface area contributed by atoms with Gasteiger partial charge in [-0.25, -0.2) is 4.79 Å². The van der Waals surface area contributed by atoms with Gasteiger partial charge in [0, 0.05) is 40.6 Å². The van der Waals surface area contributed by atoms with Crippen LogP contribution in [0.25, 0.3) is 0 Å². The Hall–Kier alpha value is -1.41. The Morgan fingerprint density at radius 2 is 1.78 bits per heavy atom. The Balaban J connectivity index is 1.18. The summed E-state index contributed by atoms with van der Waals surface area (Å²) < 4.78 is 47.4. The van der Waals surface area contributed by atoms with E-state index in [9.17, 15) is 15.0 Å². The van der Waals surface area contributed by atoms with Crippen molar-refractivity contribution in [2.24, 2.45) is 29.6 Å². The summed E-state index contributed by atoms with van der Waals surface area (Å²) >= 11 is 3.53.